The maximum Gasteiger partial charge on any atom is 0.227 e. The number of hydrogen-bond donors (Lipinski definition) is 1. The fourth-order valence-corrected chi connectivity index (χ4v) is 2.78. The molecule has 17 heavy (non-hydrogen) atoms. The summed E-state index contributed by atoms with van der Waals surface area (Å²) in [7, 11) is 0. The Kier molecular flexibility index (Phi) is 4.40. The van der Waals surface area contributed by atoms with Gasteiger partial charge in [-0.05, 0) is 32.2 Å². The topological polar surface area (TPSA) is 41.6 Å². The van der Waals surface area contributed by atoms with Crippen molar-refractivity contribution in [1.29, 1.82) is 0 Å². The van der Waals surface area contributed by atoms with Gasteiger partial charge in [0, 0.05) is 26.2 Å². The van der Waals surface area contributed by atoms with E-state index in [1.54, 1.807) is 0 Å². The van der Waals surface area contributed by atoms with Crippen molar-refractivity contribution in [3.8, 4) is 0 Å². The van der Waals surface area contributed by atoms with Crippen molar-refractivity contribution < 1.29 is 9.53 Å². The molecule has 2 aliphatic rings. The Morgan fingerprint density at radius 1 is 1.47 bits per heavy atom. The third-order valence-corrected chi connectivity index (χ3v) is 3.98. The lowest BCUT2D eigenvalue weighted by Gasteiger charge is -2.27. The fourth-order valence-electron chi connectivity index (χ4n) is 2.78. The molecule has 0 spiro atoms. The molecule has 4 heteroatoms. The van der Waals surface area contributed by atoms with Gasteiger partial charge in [0.05, 0.1) is 12.0 Å². The minimum absolute atomic E-state index is 0.163. The normalized spacial score (nSPS) is 32.9. The molecule has 0 aliphatic carbocycles. The average Bonchev–Trinajstić information content (AvgIpc) is 2.96. The first-order valence-corrected chi connectivity index (χ1v) is 6.83. The molecule has 1 amide bonds. The summed E-state index contributed by atoms with van der Waals surface area (Å²) >= 11 is 0. The van der Waals surface area contributed by atoms with Crippen molar-refractivity contribution in [3.05, 3.63) is 0 Å². The van der Waals surface area contributed by atoms with Gasteiger partial charge in [-0.3, -0.25) is 4.79 Å². The summed E-state index contributed by atoms with van der Waals surface area (Å²) < 4.78 is 5.62. The molecule has 2 heterocycles. The molecule has 98 valence electrons. The van der Waals surface area contributed by atoms with Crippen LogP contribution in [0.3, 0.4) is 0 Å². The molecule has 2 rings (SSSR count). The van der Waals surface area contributed by atoms with E-state index in [1.807, 2.05) is 4.90 Å². The summed E-state index contributed by atoms with van der Waals surface area (Å²) in [5.41, 5.74) is 0. The minimum atomic E-state index is 0.163. The van der Waals surface area contributed by atoms with Crippen molar-refractivity contribution in [2.75, 3.05) is 32.8 Å². The van der Waals surface area contributed by atoms with Crippen LogP contribution in [0.4, 0.5) is 0 Å². The van der Waals surface area contributed by atoms with E-state index >= 15 is 0 Å². The number of rotatable bonds is 4. The van der Waals surface area contributed by atoms with Crippen LogP contribution in [-0.2, 0) is 9.53 Å². The highest BCUT2D eigenvalue weighted by Crippen LogP contribution is 2.20. The molecule has 0 saturated carbocycles. The van der Waals surface area contributed by atoms with Crippen molar-refractivity contribution in [1.82, 2.24) is 10.2 Å². The molecule has 2 aliphatic heterocycles. The summed E-state index contributed by atoms with van der Waals surface area (Å²) in [4.78, 5) is 14.4. The maximum atomic E-state index is 12.4. The summed E-state index contributed by atoms with van der Waals surface area (Å²) in [5, 5.41) is 3.30. The molecule has 3 unspecified atom stereocenters. The highest BCUT2D eigenvalue weighted by atomic mass is 16.5. The predicted molar refractivity (Wildman–Crippen MR) is 66.8 cm³/mol. The Morgan fingerprint density at radius 3 is 2.82 bits per heavy atom. The van der Waals surface area contributed by atoms with Gasteiger partial charge >= 0.3 is 0 Å². The van der Waals surface area contributed by atoms with E-state index in [-0.39, 0.29) is 12.0 Å². The third kappa shape index (κ3) is 2.99. The molecule has 2 fully saturated rings. The summed E-state index contributed by atoms with van der Waals surface area (Å²) in [6.07, 6.45) is 2.50. The first-order valence-electron chi connectivity index (χ1n) is 6.83. The molecule has 0 aromatic carbocycles. The number of amides is 1. The van der Waals surface area contributed by atoms with Gasteiger partial charge in [-0.25, -0.2) is 0 Å². The number of ether oxygens (including phenoxy) is 1. The molecule has 3 atom stereocenters. The van der Waals surface area contributed by atoms with Crippen LogP contribution in [0.5, 0.6) is 0 Å². The number of nitrogens with one attached hydrogen (secondary N) is 1. The highest BCUT2D eigenvalue weighted by molar-refractivity contribution is 5.79. The molecule has 1 N–H and O–H groups in total. The van der Waals surface area contributed by atoms with Crippen LogP contribution in [-0.4, -0.2) is 49.7 Å². The van der Waals surface area contributed by atoms with E-state index in [2.05, 4.69) is 19.2 Å². The van der Waals surface area contributed by atoms with Gasteiger partial charge in [0.15, 0.2) is 0 Å². The second kappa shape index (κ2) is 5.83. The maximum absolute atomic E-state index is 12.4. The van der Waals surface area contributed by atoms with Gasteiger partial charge in [0.25, 0.3) is 0 Å². The van der Waals surface area contributed by atoms with Crippen LogP contribution >= 0.6 is 0 Å². The number of likely N-dealkylation sites (N-methyl/N-ethyl adjacent to an activating group) is 1. The number of hydrogen-bond acceptors (Lipinski definition) is 3. The van der Waals surface area contributed by atoms with E-state index in [9.17, 15) is 4.79 Å². The van der Waals surface area contributed by atoms with E-state index < -0.39 is 0 Å². The van der Waals surface area contributed by atoms with Crippen LogP contribution in [0.1, 0.15) is 26.7 Å². The van der Waals surface area contributed by atoms with Crippen molar-refractivity contribution in [2.45, 2.75) is 32.8 Å². The second-order valence-electron chi connectivity index (χ2n) is 5.25. The zero-order chi connectivity index (χ0) is 12.3. The van der Waals surface area contributed by atoms with Gasteiger partial charge in [-0.2, -0.15) is 0 Å². The van der Waals surface area contributed by atoms with Crippen LogP contribution in [0.25, 0.3) is 0 Å². The first-order chi connectivity index (χ1) is 8.22. The lowest BCUT2D eigenvalue weighted by Crippen LogP contribution is -2.42. The monoisotopic (exact) mass is 240 g/mol. The Balaban J connectivity index is 1.89. The second-order valence-corrected chi connectivity index (χ2v) is 5.25. The Morgan fingerprint density at radius 2 is 2.29 bits per heavy atom. The van der Waals surface area contributed by atoms with E-state index in [1.165, 1.54) is 0 Å². The SMILES string of the molecule is CCN(CC1CCCO1)C(=O)C1CNCC1C. The van der Waals surface area contributed by atoms with Gasteiger partial charge < -0.3 is 15.0 Å². The van der Waals surface area contributed by atoms with Crippen LogP contribution in [0, 0.1) is 11.8 Å². The molecule has 4 nitrogen and oxygen atoms in total. The van der Waals surface area contributed by atoms with Crippen molar-refractivity contribution in [2.24, 2.45) is 11.8 Å². The van der Waals surface area contributed by atoms with Crippen molar-refractivity contribution >= 4 is 5.91 Å². The molecule has 0 radical (unpaired) electrons. The molecule has 0 bridgehead atoms. The van der Waals surface area contributed by atoms with Gasteiger partial charge in [-0.1, -0.05) is 6.92 Å². The molecule has 0 aromatic rings. The lowest BCUT2D eigenvalue weighted by molar-refractivity contribution is -0.137. The molecule has 0 aromatic heterocycles. The van der Waals surface area contributed by atoms with Crippen molar-refractivity contribution in [3.63, 3.8) is 0 Å². The molecule has 2 saturated heterocycles. The lowest BCUT2D eigenvalue weighted by atomic mass is 9.96. The predicted octanol–water partition coefficient (Wildman–Crippen LogP) is 0.869. The summed E-state index contributed by atoms with van der Waals surface area (Å²) in [6, 6.07) is 0. The third-order valence-electron chi connectivity index (χ3n) is 3.98. The van der Waals surface area contributed by atoms with Crippen LogP contribution < -0.4 is 5.32 Å². The number of carbonyl (C=O) groups excluding carboxylic acids is 1. The Bertz CT molecular complexity index is 264. The van der Waals surface area contributed by atoms with E-state index in [0.717, 1.165) is 45.6 Å². The first kappa shape index (κ1) is 12.8. The Labute approximate surface area is 104 Å². The standard InChI is InChI=1S/C13H24N2O2/c1-3-15(9-11-5-4-6-17-11)13(16)12-8-14-7-10(12)2/h10-12,14H,3-9H2,1-2H3. The fraction of sp³-hybridized carbons (Fsp3) is 0.923. The smallest absolute Gasteiger partial charge is 0.227 e. The van der Waals surface area contributed by atoms with Crippen LogP contribution in [0.15, 0.2) is 0 Å². The van der Waals surface area contributed by atoms with E-state index in [0.29, 0.717) is 11.8 Å². The van der Waals surface area contributed by atoms with Crippen LogP contribution in [0.2, 0.25) is 0 Å². The molecular weight excluding hydrogens is 216 g/mol. The quantitative estimate of drug-likeness (QED) is 0.793. The average molecular weight is 240 g/mol. The molecular formula is C13H24N2O2. The minimum Gasteiger partial charge on any atom is -0.376 e. The number of nitrogens with zero attached hydrogens (tertiary/aromatic N) is 1. The zero-order valence-electron chi connectivity index (χ0n) is 10.9. The van der Waals surface area contributed by atoms with Gasteiger partial charge in [-0.15, -0.1) is 0 Å². The zero-order valence-corrected chi connectivity index (χ0v) is 10.9. The van der Waals surface area contributed by atoms with E-state index in [4.69, 9.17) is 4.74 Å². The summed E-state index contributed by atoms with van der Waals surface area (Å²) in [5.74, 6) is 0.929. The highest BCUT2D eigenvalue weighted by Gasteiger charge is 2.33. The van der Waals surface area contributed by atoms with Gasteiger partial charge in [0.1, 0.15) is 0 Å². The van der Waals surface area contributed by atoms with Gasteiger partial charge in [0.2, 0.25) is 5.91 Å². The largest absolute Gasteiger partial charge is 0.376 e. The summed E-state index contributed by atoms with van der Waals surface area (Å²) in [6.45, 7) is 8.44. The number of carbonyl (C=O) groups is 1. The Hall–Kier alpha value is -0.610.